The van der Waals surface area contributed by atoms with Crippen molar-refractivity contribution in [3.8, 4) is 0 Å². The second-order valence-corrected chi connectivity index (χ2v) is 5.39. The average Bonchev–Trinajstić information content (AvgIpc) is 2.15. The summed E-state index contributed by atoms with van der Waals surface area (Å²) in [7, 11) is 0. The van der Waals surface area contributed by atoms with Gasteiger partial charge in [0, 0.05) is 5.54 Å². The Kier molecular flexibility index (Phi) is 3.98. The minimum atomic E-state index is -0.625. The standard InChI is InChI=1S/C13H18ClNO/c1-9-7-5-6-8-10(9)11(14)12(16)15-13(2,3)4/h5-8,11H,1-4H3,(H,15,16). The van der Waals surface area contributed by atoms with Crippen molar-refractivity contribution in [2.24, 2.45) is 0 Å². The van der Waals surface area contributed by atoms with Gasteiger partial charge < -0.3 is 5.32 Å². The number of benzene rings is 1. The summed E-state index contributed by atoms with van der Waals surface area (Å²) >= 11 is 6.16. The molecule has 1 rings (SSSR count). The van der Waals surface area contributed by atoms with Crippen molar-refractivity contribution in [2.75, 3.05) is 0 Å². The Labute approximate surface area is 102 Å². The summed E-state index contributed by atoms with van der Waals surface area (Å²) in [5, 5.41) is 2.25. The zero-order valence-corrected chi connectivity index (χ0v) is 10.9. The molecule has 2 nitrogen and oxygen atoms in total. The summed E-state index contributed by atoms with van der Waals surface area (Å²) in [6.07, 6.45) is 0. The fourth-order valence-corrected chi connectivity index (χ4v) is 1.74. The number of amides is 1. The highest BCUT2D eigenvalue weighted by molar-refractivity contribution is 6.30. The third-order valence-corrected chi connectivity index (χ3v) is 2.62. The van der Waals surface area contributed by atoms with Gasteiger partial charge in [-0.3, -0.25) is 4.79 Å². The molecule has 1 atom stereocenters. The van der Waals surface area contributed by atoms with Gasteiger partial charge in [0.25, 0.3) is 0 Å². The third kappa shape index (κ3) is 3.53. The van der Waals surface area contributed by atoms with Gasteiger partial charge in [-0.25, -0.2) is 0 Å². The van der Waals surface area contributed by atoms with Gasteiger partial charge in [-0.05, 0) is 38.8 Å². The van der Waals surface area contributed by atoms with Crippen LogP contribution < -0.4 is 5.32 Å². The van der Waals surface area contributed by atoms with Crippen LogP contribution in [0, 0.1) is 6.92 Å². The summed E-state index contributed by atoms with van der Waals surface area (Å²) in [5.41, 5.74) is 1.64. The van der Waals surface area contributed by atoms with Gasteiger partial charge >= 0.3 is 0 Å². The molecule has 1 aromatic rings. The van der Waals surface area contributed by atoms with Gasteiger partial charge in [0.15, 0.2) is 0 Å². The second kappa shape index (κ2) is 4.88. The zero-order chi connectivity index (χ0) is 12.3. The summed E-state index contributed by atoms with van der Waals surface area (Å²) < 4.78 is 0. The van der Waals surface area contributed by atoms with Crippen molar-refractivity contribution >= 4 is 17.5 Å². The molecule has 88 valence electrons. The molecule has 0 heterocycles. The predicted molar refractivity (Wildman–Crippen MR) is 67.7 cm³/mol. The van der Waals surface area contributed by atoms with Crippen molar-refractivity contribution < 1.29 is 4.79 Å². The van der Waals surface area contributed by atoms with Crippen LogP contribution in [0.3, 0.4) is 0 Å². The molecule has 0 aliphatic heterocycles. The van der Waals surface area contributed by atoms with Crippen molar-refractivity contribution in [1.29, 1.82) is 0 Å². The molecule has 0 saturated heterocycles. The normalized spacial score (nSPS) is 13.3. The lowest BCUT2D eigenvalue weighted by molar-refractivity contribution is -0.122. The first kappa shape index (κ1) is 13.0. The Bertz CT molecular complexity index is 382. The highest BCUT2D eigenvalue weighted by atomic mass is 35.5. The van der Waals surface area contributed by atoms with E-state index in [0.717, 1.165) is 11.1 Å². The largest absolute Gasteiger partial charge is 0.350 e. The van der Waals surface area contributed by atoms with E-state index in [2.05, 4.69) is 5.32 Å². The Morgan fingerprint density at radius 1 is 1.31 bits per heavy atom. The highest BCUT2D eigenvalue weighted by Crippen LogP contribution is 2.24. The number of hydrogen-bond donors (Lipinski definition) is 1. The number of alkyl halides is 1. The molecule has 0 aliphatic rings. The molecule has 0 fully saturated rings. The number of carbonyl (C=O) groups excluding carboxylic acids is 1. The van der Waals surface area contributed by atoms with Crippen LogP contribution in [0.2, 0.25) is 0 Å². The highest BCUT2D eigenvalue weighted by Gasteiger charge is 2.23. The molecule has 1 amide bonds. The monoisotopic (exact) mass is 239 g/mol. The van der Waals surface area contributed by atoms with Crippen molar-refractivity contribution in [2.45, 2.75) is 38.6 Å². The molecule has 0 aromatic heterocycles. The van der Waals surface area contributed by atoms with Crippen LogP contribution in [-0.2, 0) is 4.79 Å². The second-order valence-electron chi connectivity index (χ2n) is 4.96. The van der Waals surface area contributed by atoms with Gasteiger partial charge in [-0.1, -0.05) is 24.3 Å². The Morgan fingerprint density at radius 3 is 2.38 bits per heavy atom. The van der Waals surface area contributed by atoms with Gasteiger partial charge in [-0.15, -0.1) is 11.6 Å². The fourth-order valence-electron chi connectivity index (χ4n) is 1.45. The lowest BCUT2D eigenvalue weighted by Crippen LogP contribution is -2.42. The molecule has 0 radical (unpaired) electrons. The Balaban J connectivity index is 2.83. The first-order valence-electron chi connectivity index (χ1n) is 5.33. The molecular formula is C13H18ClNO. The molecular weight excluding hydrogens is 222 g/mol. The van der Waals surface area contributed by atoms with Crippen LogP contribution >= 0.6 is 11.6 Å². The van der Waals surface area contributed by atoms with Crippen LogP contribution in [-0.4, -0.2) is 11.4 Å². The first-order chi connectivity index (χ1) is 7.31. The number of halogens is 1. The van der Waals surface area contributed by atoms with E-state index in [1.165, 1.54) is 0 Å². The quantitative estimate of drug-likeness (QED) is 0.789. The van der Waals surface area contributed by atoms with E-state index in [0.29, 0.717) is 0 Å². The first-order valence-corrected chi connectivity index (χ1v) is 5.76. The Hall–Kier alpha value is -1.02. The maximum absolute atomic E-state index is 11.9. The van der Waals surface area contributed by atoms with Crippen LogP contribution in [0.5, 0.6) is 0 Å². The fraction of sp³-hybridized carbons (Fsp3) is 0.462. The molecule has 1 aromatic carbocycles. The Morgan fingerprint density at radius 2 is 1.88 bits per heavy atom. The van der Waals surface area contributed by atoms with E-state index in [-0.39, 0.29) is 11.4 Å². The van der Waals surface area contributed by atoms with E-state index >= 15 is 0 Å². The lowest BCUT2D eigenvalue weighted by Gasteiger charge is -2.23. The van der Waals surface area contributed by atoms with Gasteiger partial charge in [-0.2, -0.15) is 0 Å². The lowest BCUT2D eigenvalue weighted by atomic mass is 10.0. The molecule has 0 aliphatic carbocycles. The third-order valence-electron chi connectivity index (χ3n) is 2.19. The van der Waals surface area contributed by atoms with Crippen LogP contribution in [0.1, 0.15) is 37.3 Å². The van der Waals surface area contributed by atoms with E-state index < -0.39 is 5.38 Å². The summed E-state index contributed by atoms with van der Waals surface area (Å²) in [4.78, 5) is 11.9. The smallest absolute Gasteiger partial charge is 0.243 e. The number of hydrogen-bond acceptors (Lipinski definition) is 1. The van der Waals surface area contributed by atoms with Gasteiger partial charge in [0.05, 0.1) is 0 Å². The van der Waals surface area contributed by atoms with Crippen molar-refractivity contribution in [1.82, 2.24) is 5.32 Å². The number of rotatable bonds is 2. The number of nitrogens with one attached hydrogen (secondary N) is 1. The minimum Gasteiger partial charge on any atom is -0.350 e. The van der Waals surface area contributed by atoms with Crippen LogP contribution in [0.15, 0.2) is 24.3 Å². The van der Waals surface area contributed by atoms with Crippen molar-refractivity contribution in [3.05, 3.63) is 35.4 Å². The maximum atomic E-state index is 11.9. The number of carbonyl (C=O) groups is 1. The molecule has 1 N–H and O–H groups in total. The molecule has 0 saturated carbocycles. The molecule has 1 unspecified atom stereocenters. The number of aryl methyl sites for hydroxylation is 1. The summed E-state index contributed by atoms with van der Waals surface area (Å²) in [5.74, 6) is -0.150. The van der Waals surface area contributed by atoms with E-state index in [1.807, 2.05) is 52.0 Å². The minimum absolute atomic E-state index is 0.150. The zero-order valence-electron chi connectivity index (χ0n) is 10.2. The topological polar surface area (TPSA) is 29.1 Å². The van der Waals surface area contributed by atoms with Crippen molar-refractivity contribution in [3.63, 3.8) is 0 Å². The maximum Gasteiger partial charge on any atom is 0.243 e. The van der Waals surface area contributed by atoms with E-state index in [4.69, 9.17) is 11.6 Å². The van der Waals surface area contributed by atoms with Crippen LogP contribution in [0.25, 0.3) is 0 Å². The molecule has 16 heavy (non-hydrogen) atoms. The van der Waals surface area contributed by atoms with E-state index in [1.54, 1.807) is 0 Å². The van der Waals surface area contributed by atoms with Crippen LogP contribution in [0.4, 0.5) is 0 Å². The molecule has 3 heteroatoms. The summed E-state index contributed by atoms with van der Waals surface area (Å²) in [6.45, 7) is 7.76. The SMILES string of the molecule is Cc1ccccc1C(Cl)C(=O)NC(C)(C)C. The average molecular weight is 240 g/mol. The predicted octanol–water partition coefficient (Wildman–Crippen LogP) is 3.19. The van der Waals surface area contributed by atoms with Gasteiger partial charge in [0.2, 0.25) is 5.91 Å². The van der Waals surface area contributed by atoms with E-state index in [9.17, 15) is 4.79 Å². The molecule has 0 spiro atoms. The molecule has 0 bridgehead atoms. The van der Waals surface area contributed by atoms with Gasteiger partial charge in [0.1, 0.15) is 5.38 Å². The summed E-state index contributed by atoms with van der Waals surface area (Å²) in [6, 6.07) is 7.66.